The van der Waals surface area contributed by atoms with Crippen LogP contribution in [0, 0.1) is 13.8 Å². The smallest absolute Gasteiger partial charge is 0.410 e. The van der Waals surface area contributed by atoms with Crippen LogP contribution in [0.5, 0.6) is 0 Å². The van der Waals surface area contributed by atoms with E-state index < -0.39 is 0 Å². The largest absolute Gasteiger partial charge is 0.448 e. The molecule has 1 saturated heterocycles. The van der Waals surface area contributed by atoms with Crippen LogP contribution in [0.4, 0.5) is 4.79 Å². The first-order valence-electron chi connectivity index (χ1n) is 12.0. The number of ether oxygens (including phenoxy) is 2. The van der Waals surface area contributed by atoms with Gasteiger partial charge in [-0.05, 0) is 59.2 Å². The SMILES string of the molecule is Cc1cnc(C2=CC3COCC(C2)N3C(=O)OCC2c3ccccc3-c3ccccc32)c(C)c1. The van der Waals surface area contributed by atoms with Crippen LogP contribution in [-0.4, -0.2) is 47.9 Å². The summed E-state index contributed by atoms with van der Waals surface area (Å²) in [6.07, 6.45) is 4.51. The van der Waals surface area contributed by atoms with E-state index in [-0.39, 0.29) is 24.1 Å². The lowest BCUT2D eigenvalue weighted by molar-refractivity contribution is -0.0332. The number of benzene rings is 2. The van der Waals surface area contributed by atoms with Crippen molar-refractivity contribution in [2.45, 2.75) is 38.3 Å². The van der Waals surface area contributed by atoms with Gasteiger partial charge in [0.15, 0.2) is 0 Å². The van der Waals surface area contributed by atoms with E-state index in [2.05, 4.69) is 79.5 Å². The van der Waals surface area contributed by atoms with Gasteiger partial charge in [-0.15, -0.1) is 0 Å². The topological polar surface area (TPSA) is 51.7 Å². The summed E-state index contributed by atoms with van der Waals surface area (Å²) in [6, 6.07) is 18.8. The number of aryl methyl sites for hydroxylation is 2. The Morgan fingerprint density at radius 2 is 1.76 bits per heavy atom. The van der Waals surface area contributed by atoms with Crippen LogP contribution in [0.15, 0.2) is 66.9 Å². The first kappa shape index (κ1) is 21.1. The second-order valence-corrected chi connectivity index (χ2v) is 9.54. The van der Waals surface area contributed by atoms with Gasteiger partial charge < -0.3 is 9.47 Å². The van der Waals surface area contributed by atoms with Crippen LogP contribution in [0.1, 0.15) is 40.3 Å². The normalized spacial score (nSPS) is 21.0. The predicted molar refractivity (Wildman–Crippen MR) is 132 cm³/mol. The molecule has 2 unspecified atom stereocenters. The van der Waals surface area contributed by atoms with Crippen molar-refractivity contribution in [3.8, 4) is 11.1 Å². The van der Waals surface area contributed by atoms with E-state index in [1.165, 1.54) is 33.4 Å². The monoisotopic (exact) mass is 452 g/mol. The summed E-state index contributed by atoms with van der Waals surface area (Å²) in [7, 11) is 0. The molecule has 5 heteroatoms. The number of amides is 1. The van der Waals surface area contributed by atoms with Crippen LogP contribution in [-0.2, 0) is 9.47 Å². The third-order valence-electron chi connectivity index (χ3n) is 7.26. The summed E-state index contributed by atoms with van der Waals surface area (Å²) >= 11 is 0. The Labute approximate surface area is 200 Å². The highest BCUT2D eigenvalue weighted by Crippen LogP contribution is 2.44. The molecule has 3 aliphatic rings. The molecule has 2 bridgehead atoms. The molecule has 0 saturated carbocycles. The van der Waals surface area contributed by atoms with Crippen LogP contribution in [0.2, 0.25) is 0 Å². The van der Waals surface area contributed by atoms with Gasteiger partial charge in [-0.1, -0.05) is 60.7 Å². The molecular formula is C29H28N2O3. The number of rotatable bonds is 3. The highest BCUT2D eigenvalue weighted by Gasteiger charge is 2.40. The predicted octanol–water partition coefficient (Wildman–Crippen LogP) is 5.50. The standard InChI is InChI=1S/C29H28N2O3/c1-18-11-19(2)28(30-14-18)20-12-21-15-33-16-22(13-20)31(21)29(32)34-17-27-25-9-5-3-7-23(25)24-8-4-6-10-26(24)27/h3-12,14,21-22,27H,13,15-17H2,1-2H3. The number of aromatic nitrogens is 1. The zero-order valence-electron chi connectivity index (χ0n) is 19.5. The van der Waals surface area contributed by atoms with Crippen LogP contribution in [0.25, 0.3) is 16.7 Å². The summed E-state index contributed by atoms with van der Waals surface area (Å²) in [6.45, 7) is 5.48. The van der Waals surface area contributed by atoms with Crippen molar-refractivity contribution in [3.63, 3.8) is 0 Å². The van der Waals surface area contributed by atoms with E-state index in [9.17, 15) is 4.79 Å². The third kappa shape index (κ3) is 3.51. The average molecular weight is 453 g/mol. The quantitative estimate of drug-likeness (QED) is 0.526. The van der Waals surface area contributed by atoms with Crippen molar-refractivity contribution in [1.29, 1.82) is 0 Å². The van der Waals surface area contributed by atoms with Crippen LogP contribution in [0.3, 0.4) is 0 Å². The molecule has 1 aromatic heterocycles. The molecule has 1 fully saturated rings. The van der Waals surface area contributed by atoms with Crippen molar-refractivity contribution >= 4 is 11.7 Å². The first-order chi connectivity index (χ1) is 16.6. The van der Waals surface area contributed by atoms with Crippen molar-refractivity contribution in [1.82, 2.24) is 9.88 Å². The first-order valence-corrected chi connectivity index (χ1v) is 12.0. The minimum absolute atomic E-state index is 0.0445. The Kier molecular flexibility index (Phi) is 5.22. The van der Waals surface area contributed by atoms with Crippen molar-refractivity contribution in [3.05, 3.63) is 94.8 Å². The fraction of sp³-hybridized carbons (Fsp3) is 0.310. The Bertz CT molecular complexity index is 1250. The number of carbonyl (C=O) groups is 1. The molecule has 172 valence electrons. The molecule has 3 heterocycles. The maximum atomic E-state index is 13.4. The Balaban J connectivity index is 1.23. The molecule has 2 aromatic carbocycles. The zero-order chi connectivity index (χ0) is 23.2. The number of fused-ring (bicyclic) bond motifs is 5. The molecule has 6 rings (SSSR count). The minimum atomic E-state index is -0.260. The van der Waals surface area contributed by atoms with Crippen molar-refractivity contribution in [2.75, 3.05) is 19.8 Å². The Morgan fingerprint density at radius 1 is 1.06 bits per heavy atom. The lowest BCUT2D eigenvalue weighted by Gasteiger charge is -2.43. The van der Waals surface area contributed by atoms with Gasteiger partial charge in [-0.2, -0.15) is 0 Å². The van der Waals surface area contributed by atoms with Gasteiger partial charge in [0.05, 0.1) is 31.0 Å². The highest BCUT2D eigenvalue weighted by atomic mass is 16.6. The van der Waals surface area contributed by atoms with Gasteiger partial charge in [0.25, 0.3) is 0 Å². The lowest BCUT2D eigenvalue weighted by Crippen LogP contribution is -2.56. The Morgan fingerprint density at radius 3 is 2.44 bits per heavy atom. The van der Waals surface area contributed by atoms with E-state index in [1.54, 1.807) is 0 Å². The maximum absolute atomic E-state index is 13.4. The summed E-state index contributed by atoms with van der Waals surface area (Å²) in [5.74, 6) is 0.0581. The molecule has 0 spiro atoms. The van der Waals surface area contributed by atoms with Crippen molar-refractivity contribution in [2.24, 2.45) is 0 Å². The summed E-state index contributed by atoms with van der Waals surface area (Å²) in [5, 5.41) is 0. The van der Waals surface area contributed by atoms with E-state index in [4.69, 9.17) is 9.47 Å². The van der Waals surface area contributed by atoms with Crippen LogP contribution < -0.4 is 0 Å². The van der Waals surface area contributed by atoms with E-state index >= 15 is 0 Å². The fourth-order valence-electron chi connectivity index (χ4n) is 5.78. The molecular weight excluding hydrogens is 424 g/mol. The molecule has 3 aromatic rings. The number of pyridine rings is 1. The van der Waals surface area contributed by atoms with Gasteiger partial charge in [-0.3, -0.25) is 9.88 Å². The average Bonchev–Trinajstić information content (AvgIpc) is 3.15. The number of morpholine rings is 1. The fourth-order valence-corrected chi connectivity index (χ4v) is 5.78. The van der Waals surface area contributed by atoms with E-state index in [0.717, 1.165) is 17.7 Å². The molecule has 2 atom stereocenters. The number of hydrogen-bond donors (Lipinski definition) is 0. The summed E-state index contributed by atoms with van der Waals surface area (Å²) < 4.78 is 11.8. The van der Waals surface area contributed by atoms with Gasteiger partial charge >= 0.3 is 6.09 Å². The third-order valence-corrected chi connectivity index (χ3v) is 7.26. The van der Waals surface area contributed by atoms with Gasteiger partial charge in [0.1, 0.15) is 6.61 Å². The zero-order valence-corrected chi connectivity index (χ0v) is 19.5. The van der Waals surface area contributed by atoms with Crippen molar-refractivity contribution < 1.29 is 14.3 Å². The Hall–Kier alpha value is -3.44. The van der Waals surface area contributed by atoms with E-state index in [1.807, 2.05) is 11.1 Å². The second kappa shape index (κ2) is 8.41. The molecule has 0 radical (unpaired) electrons. The lowest BCUT2D eigenvalue weighted by atomic mass is 9.90. The van der Waals surface area contributed by atoms with Crippen LogP contribution >= 0.6 is 0 Å². The van der Waals surface area contributed by atoms with Gasteiger partial charge in [-0.25, -0.2) is 4.79 Å². The number of nitrogens with zero attached hydrogens (tertiary/aromatic N) is 2. The van der Waals surface area contributed by atoms with Gasteiger partial charge in [0.2, 0.25) is 0 Å². The second-order valence-electron chi connectivity index (χ2n) is 9.54. The molecule has 0 N–H and O–H groups in total. The molecule has 1 aliphatic carbocycles. The maximum Gasteiger partial charge on any atom is 0.410 e. The molecule has 1 amide bonds. The number of carbonyl (C=O) groups excluding carboxylic acids is 1. The molecule has 2 aliphatic heterocycles. The van der Waals surface area contributed by atoms with E-state index in [0.29, 0.717) is 19.8 Å². The summed E-state index contributed by atoms with van der Waals surface area (Å²) in [4.78, 5) is 19.9. The summed E-state index contributed by atoms with van der Waals surface area (Å²) in [5.41, 5.74) is 9.45. The highest BCUT2D eigenvalue weighted by molar-refractivity contribution is 5.79. The minimum Gasteiger partial charge on any atom is -0.448 e. The number of hydrogen-bond acceptors (Lipinski definition) is 4. The molecule has 34 heavy (non-hydrogen) atoms. The molecule has 5 nitrogen and oxygen atoms in total. The van der Waals surface area contributed by atoms with Gasteiger partial charge in [0, 0.05) is 12.1 Å².